The van der Waals surface area contributed by atoms with E-state index in [9.17, 15) is 4.79 Å². The predicted molar refractivity (Wildman–Crippen MR) is 105 cm³/mol. The van der Waals surface area contributed by atoms with Gasteiger partial charge in [0.25, 0.3) is 0 Å². The van der Waals surface area contributed by atoms with Crippen LogP contribution in [0.2, 0.25) is 0 Å². The van der Waals surface area contributed by atoms with Crippen molar-refractivity contribution in [1.82, 2.24) is 9.97 Å². The summed E-state index contributed by atoms with van der Waals surface area (Å²) in [6.45, 7) is 9.50. The summed E-state index contributed by atoms with van der Waals surface area (Å²) in [7, 11) is 0. The van der Waals surface area contributed by atoms with Crippen LogP contribution in [0.1, 0.15) is 31.1 Å². The van der Waals surface area contributed by atoms with Gasteiger partial charge in [0.2, 0.25) is 5.95 Å². The molecule has 6 heteroatoms. The number of ketones is 1. The van der Waals surface area contributed by atoms with Gasteiger partial charge in [-0.05, 0) is 35.7 Å². The average Bonchev–Trinajstić information content (AvgIpc) is 2.67. The van der Waals surface area contributed by atoms with E-state index < -0.39 is 6.04 Å². The summed E-state index contributed by atoms with van der Waals surface area (Å²) in [5.41, 5.74) is 7.65. The fourth-order valence-corrected chi connectivity index (χ4v) is 3.03. The number of hydrogen-bond donors (Lipinski definition) is 1. The van der Waals surface area contributed by atoms with Crippen LogP contribution >= 0.6 is 0 Å². The molecule has 26 heavy (non-hydrogen) atoms. The van der Waals surface area contributed by atoms with Crippen LogP contribution in [0.4, 0.5) is 11.6 Å². The minimum absolute atomic E-state index is 0.00454. The second-order valence-electron chi connectivity index (χ2n) is 7.78. The minimum atomic E-state index is -0.497. The first kappa shape index (κ1) is 18.3. The molecule has 2 heterocycles. The van der Waals surface area contributed by atoms with Crippen LogP contribution in [-0.2, 0) is 0 Å². The van der Waals surface area contributed by atoms with Crippen molar-refractivity contribution >= 4 is 17.4 Å². The van der Waals surface area contributed by atoms with E-state index >= 15 is 0 Å². The average molecular weight is 353 g/mol. The van der Waals surface area contributed by atoms with Gasteiger partial charge in [-0.3, -0.25) is 4.79 Å². The topological polar surface area (TPSA) is 75.4 Å². The summed E-state index contributed by atoms with van der Waals surface area (Å²) in [5, 5.41) is 0. The lowest BCUT2D eigenvalue weighted by molar-refractivity contribution is 0.0901. The van der Waals surface area contributed by atoms with Gasteiger partial charge in [-0.25, -0.2) is 9.97 Å². The molecule has 1 aromatic carbocycles. The number of anilines is 2. The van der Waals surface area contributed by atoms with Crippen molar-refractivity contribution in [2.24, 2.45) is 11.1 Å². The van der Waals surface area contributed by atoms with E-state index in [4.69, 9.17) is 5.73 Å². The standard InChI is InChI=1S/C20H27N5O/c1-20(2,3)18(21)17(26)15-5-7-16(8-6-15)24-11-13-25(14-12-24)19-22-9-4-10-23-19/h4-10,18H,11-14,21H2,1-3H3/t18-/m1/s1. The summed E-state index contributed by atoms with van der Waals surface area (Å²) in [6.07, 6.45) is 3.54. The molecule has 1 fully saturated rings. The van der Waals surface area contributed by atoms with E-state index in [0.29, 0.717) is 5.56 Å². The molecule has 0 unspecified atom stereocenters. The SMILES string of the molecule is CC(C)(C)[C@H](N)C(=O)c1ccc(N2CCN(c3ncccn3)CC2)cc1. The maximum Gasteiger partial charge on any atom is 0.225 e. The molecule has 0 spiro atoms. The Bertz CT molecular complexity index is 731. The molecule has 0 amide bonds. The van der Waals surface area contributed by atoms with E-state index in [1.165, 1.54) is 0 Å². The molecule has 1 aliphatic heterocycles. The molecule has 1 aromatic heterocycles. The Hall–Kier alpha value is -2.47. The number of aromatic nitrogens is 2. The molecule has 2 N–H and O–H groups in total. The molecule has 0 aliphatic carbocycles. The molecule has 3 rings (SSSR count). The summed E-state index contributed by atoms with van der Waals surface area (Å²) < 4.78 is 0. The van der Waals surface area contributed by atoms with Gasteiger partial charge in [-0.2, -0.15) is 0 Å². The number of benzene rings is 1. The molecular formula is C20H27N5O. The summed E-state index contributed by atoms with van der Waals surface area (Å²) in [6, 6.07) is 9.12. The highest BCUT2D eigenvalue weighted by Crippen LogP contribution is 2.23. The molecule has 0 radical (unpaired) electrons. The Morgan fingerprint density at radius 3 is 2.08 bits per heavy atom. The lowest BCUT2D eigenvalue weighted by atomic mass is 9.83. The minimum Gasteiger partial charge on any atom is -0.368 e. The van der Waals surface area contributed by atoms with E-state index in [0.717, 1.165) is 37.8 Å². The number of piperazine rings is 1. The zero-order valence-corrected chi connectivity index (χ0v) is 15.7. The number of hydrogen-bond acceptors (Lipinski definition) is 6. The zero-order chi connectivity index (χ0) is 18.7. The third kappa shape index (κ3) is 4.02. The fourth-order valence-electron chi connectivity index (χ4n) is 3.03. The molecule has 1 aliphatic rings. The first-order valence-corrected chi connectivity index (χ1v) is 9.03. The van der Waals surface area contributed by atoms with Crippen molar-refractivity contribution < 1.29 is 4.79 Å². The Morgan fingerprint density at radius 1 is 1.00 bits per heavy atom. The van der Waals surface area contributed by atoms with Gasteiger partial charge in [-0.1, -0.05) is 20.8 Å². The van der Waals surface area contributed by atoms with Gasteiger partial charge in [0.1, 0.15) is 0 Å². The molecule has 6 nitrogen and oxygen atoms in total. The van der Waals surface area contributed by atoms with Crippen molar-refractivity contribution in [2.45, 2.75) is 26.8 Å². The van der Waals surface area contributed by atoms with Crippen LogP contribution in [0.5, 0.6) is 0 Å². The predicted octanol–water partition coefficient (Wildman–Crippen LogP) is 2.36. The third-order valence-electron chi connectivity index (χ3n) is 4.85. The molecule has 1 saturated heterocycles. The molecular weight excluding hydrogens is 326 g/mol. The van der Waals surface area contributed by atoms with Crippen LogP contribution < -0.4 is 15.5 Å². The Labute approximate surface area is 155 Å². The van der Waals surface area contributed by atoms with Gasteiger partial charge in [0, 0.05) is 49.8 Å². The Morgan fingerprint density at radius 2 is 1.54 bits per heavy atom. The van der Waals surface area contributed by atoms with Gasteiger partial charge >= 0.3 is 0 Å². The first-order chi connectivity index (χ1) is 12.4. The van der Waals surface area contributed by atoms with Crippen LogP contribution in [0.3, 0.4) is 0 Å². The maximum absolute atomic E-state index is 12.5. The summed E-state index contributed by atoms with van der Waals surface area (Å²) in [4.78, 5) is 25.7. The van der Waals surface area contributed by atoms with Crippen molar-refractivity contribution in [2.75, 3.05) is 36.0 Å². The second kappa shape index (κ2) is 7.41. The number of Topliss-reactive ketones (excluding diaryl/α,β-unsaturated/α-hetero) is 1. The van der Waals surface area contributed by atoms with E-state index in [1.54, 1.807) is 12.4 Å². The normalized spacial score (nSPS) is 16.5. The van der Waals surface area contributed by atoms with Crippen molar-refractivity contribution in [3.8, 4) is 0 Å². The van der Waals surface area contributed by atoms with Gasteiger partial charge < -0.3 is 15.5 Å². The van der Waals surface area contributed by atoms with E-state index in [2.05, 4.69) is 19.8 Å². The van der Waals surface area contributed by atoms with Gasteiger partial charge in [-0.15, -0.1) is 0 Å². The molecule has 138 valence electrons. The summed E-state index contributed by atoms with van der Waals surface area (Å²) in [5.74, 6) is 0.777. The summed E-state index contributed by atoms with van der Waals surface area (Å²) >= 11 is 0. The van der Waals surface area contributed by atoms with Crippen LogP contribution in [0, 0.1) is 5.41 Å². The number of rotatable bonds is 4. The highest BCUT2D eigenvalue weighted by molar-refractivity contribution is 6.00. The molecule has 1 atom stereocenters. The quantitative estimate of drug-likeness (QED) is 0.851. The highest BCUT2D eigenvalue weighted by atomic mass is 16.1. The highest BCUT2D eigenvalue weighted by Gasteiger charge is 2.28. The number of nitrogens with zero attached hydrogens (tertiary/aromatic N) is 4. The van der Waals surface area contributed by atoms with Crippen LogP contribution in [0.15, 0.2) is 42.7 Å². The number of carbonyl (C=O) groups excluding carboxylic acids is 1. The Kier molecular flexibility index (Phi) is 5.23. The van der Waals surface area contributed by atoms with Crippen molar-refractivity contribution in [3.05, 3.63) is 48.3 Å². The monoisotopic (exact) mass is 353 g/mol. The number of carbonyl (C=O) groups is 1. The number of nitrogens with two attached hydrogens (primary N) is 1. The lowest BCUT2D eigenvalue weighted by Gasteiger charge is -2.36. The second-order valence-corrected chi connectivity index (χ2v) is 7.78. The largest absolute Gasteiger partial charge is 0.368 e. The maximum atomic E-state index is 12.5. The van der Waals surface area contributed by atoms with Crippen molar-refractivity contribution in [1.29, 1.82) is 0 Å². The first-order valence-electron chi connectivity index (χ1n) is 9.03. The van der Waals surface area contributed by atoms with E-state index in [1.807, 2.05) is 51.1 Å². The van der Waals surface area contributed by atoms with Gasteiger partial charge in [0.05, 0.1) is 6.04 Å². The Balaban J connectivity index is 1.62. The molecule has 2 aromatic rings. The van der Waals surface area contributed by atoms with Crippen molar-refractivity contribution in [3.63, 3.8) is 0 Å². The lowest BCUT2D eigenvalue weighted by Crippen LogP contribution is -2.47. The smallest absolute Gasteiger partial charge is 0.225 e. The molecule has 0 bridgehead atoms. The van der Waals surface area contributed by atoms with E-state index in [-0.39, 0.29) is 11.2 Å². The zero-order valence-electron chi connectivity index (χ0n) is 15.7. The molecule has 0 saturated carbocycles. The van der Waals surface area contributed by atoms with Crippen LogP contribution in [-0.4, -0.2) is 48.0 Å². The van der Waals surface area contributed by atoms with Gasteiger partial charge in [0.15, 0.2) is 5.78 Å². The third-order valence-corrected chi connectivity index (χ3v) is 4.85. The fraction of sp³-hybridized carbons (Fsp3) is 0.450. The van der Waals surface area contributed by atoms with Crippen LogP contribution in [0.25, 0.3) is 0 Å².